The van der Waals surface area contributed by atoms with Gasteiger partial charge in [-0.2, -0.15) is 13.2 Å². The quantitative estimate of drug-likeness (QED) is 0.216. The van der Waals surface area contributed by atoms with Gasteiger partial charge in [-0.1, -0.05) is 26.0 Å². The minimum absolute atomic E-state index is 0.000473. The van der Waals surface area contributed by atoms with Gasteiger partial charge >= 0.3 is 12.1 Å². The molecule has 0 radical (unpaired) electrons. The minimum Gasteiger partial charge on any atom is -0.481 e. The van der Waals surface area contributed by atoms with Crippen molar-refractivity contribution in [1.82, 2.24) is 14.8 Å². The molecule has 248 valence electrons. The van der Waals surface area contributed by atoms with Gasteiger partial charge in [-0.3, -0.25) is 14.4 Å². The van der Waals surface area contributed by atoms with Gasteiger partial charge in [0.1, 0.15) is 17.7 Å². The highest BCUT2D eigenvalue weighted by Gasteiger charge is 2.36. The van der Waals surface area contributed by atoms with E-state index in [0.29, 0.717) is 18.2 Å². The Bertz CT molecular complexity index is 1640. The molecule has 4 rings (SSSR count). The lowest BCUT2D eigenvalue weighted by Crippen LogP contribution is -2.41. The summed E-state index contributed by atoms with van der Waals surface area (Å²) in [4.78, 5) is 41.0. The molecule has 1 amide bonds. The first kappa shape index (κ1) is 34.8. The number of halogens is 5. The summed E-state index contributed by atoms with van der Waals surface area (Å²) >= 11 is 0. The second kappa shape index (κ2) is 14.1. The third-order valence-electron chi connectivity index (χ3n) is 8.31. The van der Waals surface area contributed by atoms with Crippen LogP contribution in [0.5, 0.6) is 0 Å². The monoisotopic (exact) mass is 647 g/mol. The number of hydrogen-bond donors (Lipinski definition) is 2. The molecule has 46 heavy (non-hydrogen) atoms. The fourth-order valence-electron chi connectivity index (χ4n) is 5.85. The van der Waals surface area contributed by atoms with Crippen LogP contribution < -0.4 is 10.9 Å². The number of amides is 1. The second-order valence-electron chi connectivity index (χ2n) is 12.3. The predicted molar refractivity (Wildman–Crippen MR) is 163 cm³/mol. The molecule has 0 bridgehead atoms. The summed E-state index contributed by atoms with van der Waals surface area (Å²) in [5.74, 6) is -3.81. The zero-order valence-corrected chi connectivity index (χ0v) is 26.2. The first-order chi connectivity index (χ1) is 21.6. The van der Waals surface area contributed by atoms with Crippen LogP contribution in [0.2, 0.25) is 0 Å². The minimum atomic E-state index is -4.79. The van der Waals surface area contributed by atoms with Crippen molar-refractivity contribution in [1.29, 1.82) is 0 Å². The van der Waals surface area contributed by atoms with Crippen molar-refractivity contribution in [3.63, 3.8) is 0 Å². The van der Waals surface area contributed by atoms with Gasteiger partial charge < -0.3 is 19.9 Å². The lowest BCUT2D eigenvalue weighted by Gasteiger charge is -2.31. The van der Waals surface area contributed by atoms with Crippen molar-refractivity contribution in [2.45, 2.75) is 71.6 Å². The molecule has 1 fully saturated rings. The molecular formula is C34H38F5N3O4. The van der Waals surface area contributed by atoms with Gasteiger partial charge in [0, 0.05) is 29.9 Å². The molecule has 12 heteroatoms. The maximum absolute atomic E-state index is 15.6. The van der Waals surface area contributed by atoms with Crippen LogP contribution in [0.25, 0.3) is 11.1 Å². The van der Waals surface area contributed by atoms with Gasteiger partial charge in [0.15, 0.2) is 0 Å². The third kappa shape index (κ3) is 8.01. The highest BCUT2D eigenvalue weighted by molar-refractivity contribution is 5.82. The number of carboxylic acid groups (broad SMARTS) is 1. The molecule has 0 aliphatic carbocycles. The van der Waals surface area contributed by atoms with E-state index in [4.69, 9.17) is 0 Å². The molecule has 3 aromatic rings. The van der Waals surface area contributed by atoms with E-state index in [1.807, 2.05) is 4.90 Å². The molecule has 0 saturated carbocycles. The molecule has 1 aliphatic rings. The zero-order chi connectivity index (χ0) is 33.9. The van der Waals surface area contributed by atoms with Gasteiger partial charge in [-0.25, -0.2) is 8.78 Å². The van der Waals surface area contributed by atoms with Crippen LogP contribution >= 0.6 is 0 Å². The topological polar surface area (TPSA) is 91.6 Å². The van der Waals surface area contributed by atoms with Crippen molar-refractivity contribution < 1.29 is 36.6 Å². The Hall–Kier alpha value is -4.06. The number of alkyl halides is 3. The number of nitrogens with zero attached hydrogens (tertiary/aromatic N) is 2. The summed E-state index contributed by atoms with van der Waals surface area (Å²) in [6.45, 7) is 8.50. The van der Waals surface area contributed by atoms with Gasteiger partial charge in [0.2, 0.25) is 5.91 Å². The van der Waals surface area contributed by atoms with Gasteiger partial charge in [0.25, 0.3) is 5.56 Å². The number of aliphatic carboxylic acids is 1. The number of hydrogen-bond acceptors (Lipinski definition) is 4. The number of aromatic nitrogens is 1. The normalized spacial score (nSPS) is 15.0. The van der Waals surface area contributed by atoms with E-state index in [9.17, 15) is 37.1 Å². The molecule has 1 aromatic heterocycles. The predicted octanol–water partition coefficient (Wildman–Crippen LogP) is 6.60. The highest BCUT2D eigenvalue weighted by atomic mass is 19.4. The van der Waals surface area contributed by atoms with Crippen molar-refractivity contribution in [2.24, 2.45) is 5.92 Å². The Morgan fingerprint density at radius 2 is 1.74 bits per heavy atom. The Balaban J connectivity index is 1.77. The first-order valence-corrected chi connectivity index (χ1v) is 15.2. The van der Waals surface area contributed by atoms with Crippen LogP contribution in [0.4, 0.5) is 22.0 Å². The van der Waals surface area contributed by atoms with E-state index >= 15 is 4.39 Å². The Labute approximate surface area is 264 Å². The summed E-state index contributed by atoms with van der Waals surface area (Å²) < 4.78 is 73.3. The number of benzene rings is 2. The van der Waals surface area contributed by atoms with Crippen LogP contribution in [0.3, 0.4) is 0 Å². The van der Waals surface area contributed by atoms with Crippen molar-refractivity contribution >= 4 is 11.9 Å². The maximum Gasteiger partial charge on any atom is 0.416 e. The highest BCUT2D eigenvalue weighted by Crippen LogP contribution is 2.35. The standard InChI is InChI=1S/C34H38F5N3O4/c1-19(2)13-28(42-18-22(9-12-41-10-6-11-41)25(16-29(42)43)34(37,38)39)33(46)40-27(17-30(44)45)24-15-23(14-21(4)32(24)36)31-20(3)7-5-8-26(31)35/h5,7-8,14-16,18-19,27-28H,6,9-13,17H2,1-4H3,(H,40,46)(H,44,45). The third-order valence-corrected chi connectivity index (χ3v) is 8.31. The van der Waals surface area contributed by atoms with Crippen LogP contribution in [0, 0.1) is 31.4 Å². The second-order valence-corrected chi connectivity index (χ2v) is 12.3. The van der Waals surface area contributed by atoms with Gasteiger partial charge in [-0.05, 0) is 92.6 Å². The molecule has 2 heterocycles. The van der Waals surface area contributed by atoms with Crippen LogP contribution in [0.1, 0.15) is 73.0 Å². The lowest BCUT2D eigenvalue weighted by atomic mass is 9.92. The molecule has 2 N–H and O–H groups in total. The number of aryl methyl sites for hydroxylation is 2. The molecule has 7 nitrogen and oxygen atoms in total. The van der Waals surface area contributed by atoms with Crippen LogP contribution in [-0.2, 0) is 22.2 Å². The summed E-state index contributed by atoms with van der Waals surface area (Å²) in [5, 5.41) is 12.3. The number of pyridine rings is 1. The molecule has 2 atom stereocenters. The fraction of sp³-hybridized carbons (Fsp3) is 0.441. The smallest absolute Gasteiger partial charge is 0.416 e. The summed E-state index contributed by atoms with van der Waals surface area (Å²) in [6, 6.07) is 4.87. The first-order valence-electron chi connectivity index (χ1n) is 15.2. The lowest BCUT2D eigenvalue weighted by molar-refractivity contribution is -0.139. The van der Waals surface area contributed by atoms with Crippen molar-refractivity contribution in [2.75, 3.05) is 19.6 Å². The summed E-state index contributed by atoms with van der Waals surface area (Å²) in [5.41, 5.74) is -1.35. The molecule has 2 unspecified atom stereocenters. The van der Waals surface area contributed by atoms with Gasteiger partial charge in [-0.15, -0.1) is 0 Å². The molecule has 0 spiro atoms. The summed E-state index contributed by atoms with van der Waals surface area (Å²) in [6.07, 6.45) is -3.50. The van der Waals surface area contributed by atoms with E-state index in [0.717, 1.165) is 30.3 Å². The van der Waals surface area contributed by atoms with E-state index in [1.54, 1.807) is 26.8 Å². The van der Waals surface area contributed by atoms with Crippen molar-refractivity contribution in [3.05, 3.63) is 92.4 Å². The number of likely N-dealkylation sites (tertiary alicyclic amines) is 1. The van der Waals surface area contributed by atoms with Gasteiger partial charge in [0.05, 0.1) is 18.0 Å². The fourth-order valence-corrected chi connectivity index (χ4v) is 5.85. The molecule has 1 aliphatic heterocycles. The van der Waals surface area contributed by atoms with Crippen molar-refractivity contribution in [3.8, 4) is 11.1 Å². The molecular weight excluding hydrogens is 609 g/mol. The number of carboxylic acids is 1. The maximum atomic E-state index is 15.6. The Morgan fingerprint density at radius 1 is 1.04 bits per heavy atom. The van der Waals surface area contributed by atoms with E-state index in [2.05, 4.69) is 5.32 Å². The Kier molecular flexibility index (Phi) is 10.7. The van der Waals surface area contributed by atoms with Crippen LogP contribution in [-0.4, -0.2) is 46.1 Å². The number of nitrogens with one attached hydrogen (secondary N) is 1. The number of rotatable bonds is 12. The van der Waals surface area contributed by atoms with E-state index in [-0.39, 0.29) is 46.6 Å². The largest absolute Gasteiger partial charge is 0.481 e. The molecule has 2 aromatic carbocycles. The van der Waals surface area contributed by atoms with E-state index < -0.39 is 59.3 Å². The average Bonchev–Trinajstić information content (AvgIpc) is 2.92. The SMILES string of the molecule is Cc1cc(-c2c(C)cccc2F)cc(C(CC(=O)O)NC(=O)C(CC(C)C)n2cc(CCN3CCC3)c(C(F)(F)F)cc2=O)c1F. The van der Waals surface area contributed by atoms with Crippen LogP contribution in [0.15, 0.2) is 47.4 Å². The van der Waals surface area contributed by atoms with E-state index in [1.165, 1.54) is 31.2 Å². The Morgan fingerprint density at radius 3 is 2.30 bits per heavy atom. The molecule has 1 saturated heterocycles. The number of carbonyl (C=O) groups is 2. The number of carbonyl (C=O) groups excluding carboxylic acids is 1. The zero-order valence-electron chi connectivity index (χ0n) is 26.2. The average molecular weight is 648 g/mol. The summed E-state index contributed by atoms with van der Waals surface area (Å²) in [7, 11) is 0.